The van der Waals surface area contributed by atoms with Gasteiger partial charge in [-0.15, -0.1) is 22.7 Å². The molecule has 1 amide bonds. The summed E-state index contributed by atoms with van der Waals surface area (Å²) >= 11 is 2.99. The minimum atomic E-state index is -3.59. The Morgan fingerprint density at radius 1 is 1.11 bits per heavy atom. The van der Waals surface area contributed by atoms with Gasteiger partial charge in [-0.1, -0.05) is 18.7 Å². The van der Waals surface area contributed by atoms with Crippen molar-refractivity contribution < 1.29 is 13.2 Å². The molecule has 0 radical (unpaired) electrons. The summed E-state index contributed by atoms with van der Waals surface area (Å²) in [5.41, 5.74) is 1.11. The van der Waals surface area contributed by atoms with E-state index >= 15 is 0 Å². The average molecular weight is 546 g/mol. The number of nitrogens with zero attached hydrogens (tertiary/aromatic N) is 2. The molecule has 2 aliphatic heterocycles. The van der Waals surface area contributed by atoms with Crippen LogP contribution in [0.15, 0.2) is 65.1 Å². The fraction of sp³-hybridized carbons (Fsp3) is 0.444. The molecule has 36 heavy (non-hydrogen) atoms. The number of sulfonamides is 1. The monoisotopic (exact) mass is 545 g/mol. The van der Waals surface area contributed by atoms with Gasteiger partial charge in [0.25, 0.3) is 10.0 Å². The van der Waals surface area contributed by atoms with Gasteiger partial charge in [-0.25, -0.2) is 8.42 Å². The molecule has 0 spiro atoms. The van der Waals surface area contributed by atoms with Gasteiger partial charge >= 0.3 is 0 Å². The maximum atomic E-state index is 13.5. The van der Waals surface area contributed by atoms with Crippen LogP contribution >= 0.6 is 22.7 Å². The van der Waals surface area contributed by atoms with Gasteiger partial charge in [-0.2, -0.15) is 4.31 Å². The van der Waals surface area contributed by atoms with Crippen LogP contribution in [0.1, 0.15) is 37.5 Å². The lowest BCUT2D eigenvalue weighted by atomic mass is 9.95. The number of carbonyl (C=O) groups excluding carboxylic acids is 1. The average Bonchev–Trinajstić information content (AvgIpc) is 3.63. The second-order valence-corrected chi connectivity index (χ2v) is 13.8. The Morgan fingerprint density at radius 2 is 1.83 bits per heavy atom. The van der Waals surface area contributed by atoms with Crippen molar-refractivity contribution in [3.05, 3.63) is 65.7 Å². The van der Waals surface area contributed by atoms with Gasteiger partial charge in [0, 0.05) is 58.5 Å². The molecule has 4 rings (SSSR count). The third-order valence-corrected chi connectivity index (χ3v) is 11.5. The van der Waals surface area contributed by atoms with Crippen LogP contribution in [0.5, 0.6) is 0 Å². The van der Waals surface area contributed by atoms with Crippen LogP contribution in [-0.4, -0.2) is 55.8 Å². The van der Waals surface area contributed by atoms with Crippen LogP contribution < -0.4 is 5.32 Å². The van der Waals surface area contributed by atoms with Crippen LogP contribution in [-0.2, 0) is 14.8 Å². The van der Waals surface area contributed by atoms with Crippen LogP contribution in [0.3, 0.4) is 0 Å². The Bertz CT molecular complexity index is 1230. The first-order valence-corrected chi connectivity index (χ1v) is 15.6. The number of likely N-dealkylation sites (tertiary alicyclic amines) is 1. The lowest BCUT2D eigenvalue weighted by Crippen LogP contribution is -2.46. The molecule has 2 fully saturated rings. The zero-order chi connectivity index (χ0) is 25.7. The van der Waals surface area contributed by atoms with E-state index in [-0.39, 0.29) is 17.9 Å². The van der Waals surface area contributed by atoms with Crippen molar-refractivity contribution in [1.82, 2.24) is 14.5 Å². The summed E-state index contributed by atoms with van der Waals surface area (Å²) in [5, 5.41) is 3.07. The Hall–Kier alpha value is -2.20. The molecule has 9 heteroatoms. The maximum Gasteiger partial charge on any atom is 0.252 e. The standard InChI is InChI=1S/C27H35N3O3S3/c1-4-7-22(8-5-2)29-17-14-21(15-18-29)27(31)28-19-23-9-6-16-30(23)36(32,33)26-13-12-25(35-26)24-11-10-20(3)34-24/h4-5,7-8,10-13,21,23H,1,6,9,14-19H2,2-3H3,(H,28,31)/b8-5-,22-7+. The van der Waals surface area contributed by atoms with Crippen molar-refractivity contribution >= 4 is 38.6 Å². The Labute approximate surface area is 223 Å². The minimum absolute atomic E-state index is 0.0330. The lowest BCUT2D eigenvalue weighted by Gasteiger charge is -2.34. The fourth-order valence-corrected chi connectivity index (χ4v) is 9.01. The molecule has 0 aliphatic carbocycles. The number of aryl methyl sites for hydroxylation is 1. The smallest absolute Gasteiger partial charge is 0.252 e. The first-order chi connectivity index (χ1) is 17.3. The predicted octanol–water partition coefficient (Wildman–Crippen LogP) is 5.41. The summed E-state index contributed by atoms with van der Waals surface area (Å²) in [5.74, 6) is -0.0111. The number of hydrogen-bond acceptors (Lipinski definition) is 6. The van der Waals surface area contributed by atoms with Crippen LogP contribution in [0.25, 0.3) is 9.75 Å². The topological polar surface area (TPSA) is 69.7 Å². The molecule has 2 aromatic heterocycles. The van der Waals surface area contributed by atoms with Gasteiger partial charge < -0.3 is 10.2 Å². The van der Waals surface area contributed by atoms with Crippen LogP contribution in [0.2, 0.25) is 0 Å². The van der Waals surface area contributed by atoms with E-state index in [9.17, 15) is 13.2 Å². The maximum absolute atomic E-state index is 13.5. The molecule has 2 aliphatic rings. The van der Waals surface area contributed by atoms with Gasteiger partial charge in [-0.05, 0) is 75.9 Å². The molecule has 1 unspecified atom stereocenters. The Morgan fingerprint density at radius 3 is 2.50 bits per heavy atom. The molecule has 2 saturated heterocycles. The highest BCUT2D eigenvalue weighted by molar-refractivity contribution is 7.91. The molecule has 4 heterocycles. The van der Waals surface area contributed by atoms with E-state index in [1.54, 1.807) is 27.8 Å². The van der Waals surface area contributed by atoms with Crippen molar-refractivity contribution in [2.45, 2.75) is 49.8 Å². The largest absolute Gasteiger partial charge is 0.371 e. The number of nitrogens with one attached hydrogen (secondary N) is 1. The molecule has 1 N–H and O–H groups in total. The number of allylic oxidation sites excluding steroid dienone is 4. The highest BCUT2D eigenvalue weighted by Gasteiger charge is 2.37. The number of thiophene rings is 2. The first-order valence-electron chi connectivity index (χ1n) is 12.5. The van der Waals surface area contributed by atoms with Crippen molar-refractivity contribution in [3.63, 3.8) is 0 Å². The number of hydrogen-bond donors (Lipinski definition) is 1. The molecule has 0 aromatic carbocycles. The van der Waals surface area contributed by atoms with E-state index in [1.165, 1.54) is 16.2 Å². The zero-order valence-electron chi connectivity index (χ0n) is 21.0. The number of carbonyl (C=O) groups is 1. The summed E-state index contributed by atoms with van der Waals surface area (Å²) in [6.45, 7) is 10.3. The highest BCUT2D eigenvalue weighted by Crippen LogP contribution is 2.37. The van der Waals surface area contributed by atoms with Crippen molar-refractivity contribution in [2.24, 2.45) is 5.92 Å². The third-order valence-electron chi connectivity index (χ3n) is 6.82. The SMILES string of the molecule is C=C/C=C(\C=C/C)N1CCC(C(=O)NCC2CCCN2S(=O)(=O)c2ccc(-c3ccc(C)s3)s2)CC1. The molecule has 6 nitrogen and oxygen atoms in total. The van der Waals surface area contributed by atoms with E-state index in [0.29, 0.717) is 17.3 Å². The van der Waals surface area contributed by atoms with Gasteiger partial charge in [0.15, 0.2) is 0 Å². The predicted molar refractivity (Wildman–Crippen MR) is 150 cm³/mol. The number of amides is 1. The molecule has 2 aromatic rings. The van der Waals surface area contributed by atoms with Crippen LogP contribution in [0, 0.1) is 12.8 Å². The van der Waals surface area contributed by atoms with Gasteiger partial charge in [0.05, 0.1) is 0 Å². The first kappa shape index (κ1) is 26.9. The van der Waals surface area contributed by atoms with E-state index < -0.39 is 10.0 Å². The lowest BCUT2D eigenvalue weighted by molar-refractivity contribution is -0.126. The van der Waals surface area contributed by atoms with Crippen molar-refractivity contribution in [2.75, 3.05) is 26.2 Å². The summed E-state index contributed by atoms with van der Waals surface area (Å²) in [6, 6.07) is 7.50. The second kappa shape index (κ2) is 11.9. The molecule has 1 atom stereocenters. The fourth-order valence-electron chi connectivity index (χ4n) is 4.92. The zero-order valence-corrected chi connectivity index (χ0v) is 23.4. The Balaban J connectivity index is 1.34. The molecule has 0 bridgehead atoms. The quantitative estimate of drug-likeness (QED) is 0.428. The highest BCUT2D eigenvalue weighted by atomic mass is 32.2. The summed E-state index contributed by atoms with van der Waals surface area (Å²) in [4.78, 5) is 18.5. The number of piperidine rings is 1. The van der Waals surface area contributed by atoms with Crippen LogP contribution in [0.4, 0.5) is 0 Å². The van der Waals surface area contributed by atoms with Gasteiger partial charge in [0.1, 0.15) is 4.21 Å². The van der Waals surface area contributed by atoms with E-state index in [4.69, 9.17) is 0 Å². The normalized spacial score (nSPS) is 20.3. The molecular weight excluding hydrogens is 511 g/mol. The Kier molecular flexibility index (Phi) is 8.87. The van der Waals surface area contributed by atoms with E-state index in [2.05, 4.69) is 28.9 Å². The van der Waals surface area contributed by atoms with E-state index in [1.807, 2.05) is 38.1 Å². The summed E-state index contributed by atoms with van der Waals surface area (Å²) in [6.07, 6.45) is 11.0. The van der Waals surface area contributed by atoms with Crippen molar-refractivity contribution in [1.29, 1.82) is 0 Å². The second-order valence-electron chi connectivity index (χ2n) is 9.27. The molecule has 0 saturated carbocycles. The summed E-state index contributed by atoms with van der Waals surface area (Å²) < 4.78 is 28.9. The third kappa shape index (κ3) is 6.02. The van der Waals surface area contributed by atoms with E-state index in [0.717, 1.165) is 54.2 Å². The van der Waals surface area contributed by atoms with Gasteiger partial charge in [-0.3, -0.25) is 4.79 Å². The summed E-state index contributed by atoms with van der Waals surface area (Å²) in [7, 11) is -3.59. The number of rotatable bonds is 9. The van der Waals surface area contributed by atoms with Crippen molar-refractivity contribution in [3.8, 4) is 9.75 Å². The minimum Gasteiger partial charge on any atom is -0.371 e. The molecule has 194 valence electrons. The van der Waals surface area contributed by atoms with Gasteiger partial charge in [0.2, 0.25) is 5.91 Å². The molecular formula is C27H35N3O3S3.